The molecule has 17 atom stereocenters. The Hall–Kier alpha value is -3.29. The fourth-order valence-corrected chi connectivity index (χ4v) is 12.5. The molecule has 1 amide bonds. The number of carbonyl (C=O) groups excluding carboxylic acids is 1. The Balaban J connectivity index is 1.38. The molecule has 98 heavy (non-hydrogen) atoms. The van der Waals surface area contributed by atoms with Gasteiger partial charge >= 0.3 is 0 Å². The molecule has 3 heterocycles. The van der Waals surface area contributed by atoms with E-state index in [1.807, 2.05) is 0 Å². The molecule has 0 bridgehead atoms. The molecule has 3 saturated heterocycles. The van der Waals surface area contributed by atoms with Crippen LogP contribution in [0.2, 0.25) is 0 Å². The van der Waals surface area contributed by atoms with Crippen LogP contribution in [0, 0.1) is 0 Å². The Bertz CT molecular complexity index is 2150. The maximum atomic E-state index is 13.5. The first-order chi connectivity index (χ1) is 47.8. The zero-order valence-electron chi connectivity index (χ0n) is 60.2. The van der Waals surface area contributed by atoms with Crippen LogP contribution in [0.25, 0.3) is 0 Å². The molecule has 0 aromatic rings. The van der Waals surface area contributed by atoms with Gasteiger partial charge in [-0.25, -0.2) is 0 Å². The average molecular weight is 1390 g/mol. The highest BCUT2D eigenvalue weighted by Crippen LogP contribution is 2.33. The third-order valence-electron chi connectivity index (χ3n) is 18.7. The van der Waals surface area contributed by atoms with Gasteiger partial charge in [-0.2, -0.15) is 0 Å². The third kappa shape index (κ3) is 39.4. The number of unbranched alkanes of at least 4 members (excludes halogenated alkanes) is 27. The van der Waals surface area contributed by atoms with Crippen molar-refractivity contribution in [2.45, 2.75) is 369 Å². The molecule has 3 rings (SSSR count). The van der Waals surface area contributed by atoms with Gasteiger partial charge in [-0.05, 0) is 77.0 Å². The number of rotatable bonds is 59. The highest BCUT2D eigenvalue weighted by molar-refractivity contribution is 5.76. The molecule has 3 aliphatic rings. The van der Waals surface area contributed by atoms with E-state index in [1.165, 1.54) is 116 Å². The van der Waals surface area contributed by atoms with Crippen LogP contribution in [0.5, 0.6) is 0 Å². The van der Waals surface area contributed by atoms with E-state index in [0.717, 1.165) is 116 Å². The SMILES string of the molecule is CC/C=C\C/C=C\C/C=C\C/C=C\C/C=C\C/C=C\C/C=C\C/C=C\CCCCCCCCCCC(=O)NC(COC1OC(CO)C(OC2OC(CO)C(OC3OC(CO)C(O)C(O)C3O)C(O)C2O)C(O)C1O)C(O)CCCCCCCCCCCCCCCCCCCCCC. The summed E-state index contributed by atoms with van der Waals surface area (Å²) in [5.41, 5.74) is 0. The summed E-state index contributed by atoms with van der Waals surface area (Å²) < 4.78 is 34.5. The Kier molecular flexibility index (Phi) is 53.7. The number of amides is 1. The number of aliphatic hydroxyl groups excluding tert-OH is 11. The van der Waals surface area contributed by atoms with Crippen molar-refractivity contribution in [3.05, 3.63) is 97.2 Å². The van der Waals surface area contributed by atoms with Crippen molar-refractivity contribution in [3.63, 3.8) is 0 Å². The van der Waals surface area contributed by atoms with Gasteiger partial charge in [0.15, 0.2) is 18.9 Å². The molecule has 17 unspecified atom stereocenters. The van der Waals surface area contributed by atoms with Crippen LogP contribution in [0.1, 0.15) is 264 Å². The minimum atomic E-state index is -1.98. The van der Waals surface area contributed by atoms with Crippen molar-refractivity contribution in [3.8, 4) is 0 Å². The van der Waals surface area contributed by atoms with E-state index >= 15 is 0 Å². The summed E-state index contributed by atoms with van der Waals surface area (Å²) in [4.78, 5) is 13.5. The average Bonchev–Trinajstić information content (AvgIpc) is 0.782. The first-order valence-electron chi connectivity index (χ1n) is 38.5. The Labute approximate surface area is 590 Å². The van der Waals surface area contributed by atoms with Gasteiger partial charge in [0.1, 0.15) is 73.2 Å². The van der Waals surface area contributed by atoms with E-state index in [0.29, 0.717) is 12.8 Å². The van der Waals surface area contributed by atoms with E-state index in [1.54, 1.807) is 0 Å². The van der Waals surface area contributed by atoms with Crippen molar-refractivity contribution in [2.24, 2.45) is 0 Å². The van der Waals surface area contributed by atoms with Crippen LogP contribution in [0.15, 0.2) is 97.2 Å². The monoisotopic (exact) mass is 1390 g/mol. The number of nitrogens with one attached hydrogen (secondary N) is 1. The molecule has 3 aliphatic heterocycles. The Morgan fingerprint density at radius 1 is 0.378 bits per heavy atom. The number of aliphatic hydroxyl groups is 11. The van der Waals surface area contributed by atoms with Crippen LogP contribution in [-0.2, 0) is 33.2 Å². The fraction of sp³-hybridized carbons (Fsp3) is 0.785. The first-order valence-corrected chi connectivity index (χ1v) is 38.5. The number of carbonyl (C=O) groups is 1. The summed E-state index contributed by atoms with van der Waals surface area (Å²) in [6, 6.07) is -0.900. The molecule has 0 aromatic heterocycles. The normalized spacial score (nSPS) is 27.3. The molecule has 0 aromatic carbocycles. The molecule has 0 spiro atoms. The lowest BCUT2D eigenvalue weighted by Gasteiger charge is -2.48. The predicted molar refractivity (Wildman–Crippen MR) is 387 cm³/mol. The van der Waals surface area contributed by atoms with E-state index in [2.05, 4.69) is 116 Å². The maximum absolute atomic E-state index is 13.5. The summed E-state index contributed by atoms with van der Waals surface area (Å²) in [6.07, 6.45) is 51.9. The van der Waals surface area contributed by atoms with Gasteiger partial charge < -0.3 is 89.9 Å². The Morgan fingerprint density at radius 3 is 1.10 bits per heavy atom. The number of hydrogen-bond donors (Lipinski definition) is 12. The van der Waals surface area contributed by atoms with Gasteiger partial charge in [0.05, 0.1) is 38.6 Å². The van der Waals surface area contributed by atoms with Crippen molar-refractivity contribution in [1.29, 1.82) is 0 Å². The molecular weight excluding hydrogens is 1250 g/mol. The molecule has 19 heteroatoms. The summed E-state index contributed by atoms with van der Waals surface area (Å²) in [5.74, 6) is -0.253. The zero-order chi connectivity index (χ0) is 71.1. The second-order valence-electron chi connectivity index (χ2n) is 27.1. The molecular formula is C79H137NO18. The van der Waals surface area contributed by atoms with Gasteiger partial charge in [0.2, 0.25) is 5.91 Å². The van der Waals surface area contributed by atoms with E-state index in [9.17, 15) is 61.0 Å². The van der Waals surface area contributed by atoms with Crippen LogP contribution in [-0.4, -0.2) is 193 Å². The summed E-state index contributed by atoms with van der Waals surface area (Å²) in [7, 11) is 0. The summed E-state index contributed by atoms with van der Waals surface area (Å²) in [5, 5.41) is 121. The van der Waals surface area contributed by atoms with Crippen molar-refractivity contribution < 1.29 is 89.4 Å². The summed E-state index contributed by atoms with van der Waals surface area (Å²) >= 11 is 0. The second kappa shape index (κ2) is 59.1. The van der Waals surface area contributed by atoms with Crippen LogP contribution in [0.4, 0.5) is 0 Å². The largest absolute Gasteiger partial charge is 0.394 e. The van der Waals surface area contributed by atoms with Crippen LogP contribution < -0.4 is 5.32 Å². The standard InChI is InChI=1S/C79H137NO18/c1-3-5-7-9-11-13-15-17-19-21-23-25-26-27-28-29-30-31-32-33-34-35-36-37-39-41-43-45-47-49-51-53-55-57-67(85)80-62(63(84)56-54-52-50-48-46-44-42-40-38-24-22-20-18-16-14-12-10-8-6-4-2)61-93-77-73(91)70(88)75(65(59-82)95-77)98-79-74(92)71(89)76(66(60-83)96-79)97-78-72(90)69(87)68(86)64(58-81)94-78/h5,7,11,13,17,19,23,25,27-28,30-31,33-34,36-37,62-66,68-79,81-84,86-92H,3-4,6,8-10,12,14-16,18,20-22,24,26,29,32,35,38-61H2,1-2H3,(H,80,85)/b7-5-,13-11-,19-17-,25-23-,28-27-,31-30-,34-33-,37-36-. The van der Waals surface area contributed by atoms with Gasteiger partial charge in [-0.1, -0.05) is 278 Å². The van der Waals surface area contributed by atoms with Gasteiger partial charge in [-0.15, -0.1) is 0 Å². The minimum absolute atomic E-state index is 0.251. The molecule has 3 fully saturated rings. The zero-order valence-corrected chi connectivity index (χ0v) is 60.2. The molecule has 12 N–H and O–H groups in total. The molecule has 566 valence electrons. The van der Waals surface area contributed by atoms with E-state index in [-0.39, 0.29) is 18.9 Å². The third-order valence-corrected chi connectivity index (χ3v) is 18.7. The molecule has 19 nitrogen and oxygen atoms in total. The fourth-order valence-electron chi connectivity index (χ4n) is 12.5. The lowest BCUT2D eigenvalue weighted by molar-refractivity contribution is -0.379. The molecule has 0 radical (unpaired) electrons. The smallest absolute Gasteiger partial charge is 0.220 e. The van der Waals surface area contributed by atoms with E-state index in [4.69, 9.17) is 28.4 Å². The van der Waals surface area contributed by atoms with Gasteiger partial charge in [0, 0.05) is 6.42 Å². The second-order valence-corrected chi connectivity index (χ2v) is 27.1. The first kappa shape index (κ1) is 88.9. The van der Waals surface area contributed by atoms with Crippen molar-refractivity contribution in [1.82, 2.24) is 5.32 Å². The number of allylic oxidation sites excluding steroid dienone is 16. The number of ether oxygens (including phenoxy) is 6. The van der Waals surface area contributed by atoms with Gasteiger partial charge in [-0.3, -0.25) is 4.79 Å². The molecule has 0 aliphatic carbocycles. The van der Waals surface area contributed by atoms with Crippen LogP contribution >= 0.6 is 0 Å². The highest BCUT2D eigenvalue weighted by atomic mass is 16.8. The maximum Gasteiger partial charge on any atom is 0.220 e. The van der Waals surface area contributed by atoms with E-state index < -0.39 is 124 Å². The quantitative estimate of drug-likeness (QED) is 0.0199. The van der Waals surface area contributed by atoms with Crippen LogP contribution in [0.3, 0.4) is 0 Å². The lowest BCUT2D eigenvalue weighted by atomic mass is 9.96. The lowest BCUT2D eigenvalue weighted by Crippen LogP contribution is -2.66. The Morgan fingerprint density at radius 2 is 0.704 bits per heavy atom. The van der Waals surface area contributed by atoms with Crippen molar-refractivity contribution in [2.75, 3.05) is 26.4 Å². The topological polar surface area (TPSA) is 307 Å². The van der Waals surface area contributed by atoms with Gasteiger partial charge in [0.25, 0.3) is 0 Å². The number of hydrogen-bond acceptors (Lipinski definition) is 18. The predicted octanol–water partition coefficient (Wildman–Crippen LogP) is 12.0. The highest BCUT2D eigenvalue weighted by Gasteiger charge is 2.53. The minimum Gasteiger partial charge on any atom is -0.394 e. The van der Waals surface area contributed by atoms with Crippen molar-refractivity contribution >= 4 is 5.91 Å². The summed E-state index contributed by atoms with van der Waals surface area (Å²) in [6.45, 7) is 1.69. The molecule has 0 saturated carbocycles.